The Hall–Kier alpha value is -3.17. The predicted molar refractivity (Wildman–Crippen MR) is 146 cm³/mol. The molecule has 8 nitrogen and oxygen atoms in total. The van der Waals surface area contributed by atoms with E-state index in [9.17, 15) is 4.79 Å². The van der Waals surface area contributed by atoms with E-state index in [-0.39, 0.29) is 5.91 Å². The fraction of sp³-hybridized carbons (Fsp3) is 0.407. The van der Waals surface area contributed by atoms with Crippen LogP contribution < -0.4 is 4.90 Å². The van der Waals surface area contributed by atoms with Crippen LogP contribution >= 0.6 is 11.8 Å². The highest BCUT2D eigenvalue weighted by Crippen LogP contribution is 2.31. The highest BCUT2D eigenvalue weighted by Gasteiger charge is 2.27. The first-order chi connectivity index (χ1) is 17.7. The highest BCUT2D eigenvalue weighted by atomic mass is 32.2. The van der Waals surface area contributed by atoms with E-state index in [1.807, 2.05) is 28.9 Å². The van der Waals surface area contributed by atoms with Gasteiger partial charge in [0.1, 0.15) is 0 Å². The second-order valence-corrected chi connectivity index (χ2v) is 10.6. The number of hydrogen-bond donors (Lipinski definition) is 0. The number of benzene rings is 1. The fourth-order valence-corrected chi connectivity index (χ4v) is 6.08. The fourth-order valence-electron chi connectivity index (χ4n) is 5.13. The Morgan fingerprint density at radius 1 is 0.944 bits per heavy atom. The smallest absolute Gasteiger partial charge is 0.286 e. The third-order valence-corrected chi connectivity index (χ3v) is 8.13. The maximum absolute atomic E-state index is 12.5. The molecule has 186 valence electrons. The van der Waals surface area contributed by atoms with Crippen molar-refractivity contribution < 1.29 is 4.79 Å². The van der Waals surface area contributed by atoms with E-state index in [0.29, 0.717) is 4.91 Å². The summed E-state index contributed by atoms with van der Waals surface area (Å²) in [5.41, 5.74) is 4.76. The normalized spacial score (nSPS) is 20.2. The summed E-state index contributed by atoms with van der Waals surface area (Å²) in [6.07, 6.45) is 7.23. The Bertz CT molecular complexity index is 1320. The van der Waals surface area contributed by atoms with Crippen molar-refractivity contribution in [2.24, 2.45) is 4.99 Å². The Morgan fingerprint density at radius 3 is 2.47 bits per heavy atom. The third kappa shape index (κ3) is 4.65. The number of carbonyl (C=O) groups excluding carboxylic acids is 1. The van der Waals surface area contributed by atoms with E-state index in [2.05, 4.69) is 55.9 Å². The average molecular weight is 502 g/mol. The number of aromatic nitrogens is 3. The zero-order chi connectivity index (χ0) is 24.5. The van der Waals surface area contributed by atoms with Crippen LogP contribution in [0.15, 0.2) is 52.5 Å². The third-order valence-electron chi connectivity index (χ3n) is 7.09. The first-order valence-electron chi connectivity index (χ1n) is 12.9. The summed E-state index contributed by atoms with van der Waals surface area (Å²) >= 11 is 1.45. The van der Waals surface area contributed by atoms with Crippen LogP contribution in [-0.4, -0.2) is 81.3 Å². The molecule has 2 aromatic heterocycles. The molecule has 2 saturated heterocycles. The van der Waals surface area contributed by atoms with Crippen LogP contribution in [0.2, 0.25) is 0 Å². The minimum absolute atomic E-state index is 0.180. The van der Waals surface area contributed by atoms with Gasteiger partial charge in [0.25, 0.3) is 5.91 Å². The van der Waals surface area contributed by atoms with Gasteiger partial charge < -0.3 is 9.80 Å². The summed E-state index contributed by atoms with van der Waals surface area (Å²) in [5, 5.41) is 5.62. The van der Waals surface area contributed by atoms with E-state index < -0.39 is 0 Å². The summed E-state index contributed by atoms with van der Waals surface area (Å²) < 4.78 is 1.86. The topological polar surface area (TPSA) is 69.3 Å². The molecule has 0 bridgehead atoms. The van der Waals surface area contributed by atoms with Crippen molar-refractivity contribution >= 4 is 40.2 Å². The maximum Gasteiger partial charge on any atom is 0.286 e. The second kappa shape index (κ2) is 10.1. The lowest BCUT2D eigenvalue weighted by atomic mass is 10.1. The quantitative estimate of drug-likeness (QED) is 0.490. The number of piperazine rings is 1. The molecule has 0 unspecified atom stereocenters. The molecule has 3 aliphatic rings. The SMILES string of the molecule is CCCN1CCN(c2ccc(-c3cnc4ccc(C=C5SC(N6CCCC6)=NC5=O)nn34)cc2)CC1. The number of anilines is 1. The number of nitrogens with zero attached hydrogens (tertiary/aromatic N) is 7. The van der Waals surface area contributed by atoms with Gasteiger partial charge in [0.15, 0.2) is 10.8 Å². The van der Waals surface area contributed by atoms with Crippen LogP contribution in [-0.2, 0) is 4.79 Å². The van der Waals surface area contributed by atoms with Gasteiger partial charge in [0.2, 0.25) is 0 Å². The van der Waals surface area contributed by atoms with E-state index in [1.165, 1.54) is 30.4 Å². The first kappa shape index (κ1) is 23.2. The number of carbonyl (C=O) groups is 1. The Morgan fingerprint density at radius 2 is 1.72 bits per heavy atom. The van der Waals surface area contributed by atoms with Crippen LogP contribution in [0.25, 0.3) is 23.0 Å². The van der Waals surface area contributed by atoms with Gasteiger partial charge in [-0.25, -0.2) is 9.50 Å². The van der Waals surface area contributed by atoms with E-state index in [1.54, 1.807) is 0 Å². The molecular formula is C27H31N7OS. The van der Waals surface area contributed by atoms with Crippen molar-refractivity contribution in [2.75, 3.05) is 50.7 Å². The molecule has 0 spiro atoms. The van der Waals surface area contributed by atoms with Gasteiger partial charge in [-0.15, -0.1) is 0 Å². The summed E-state index contributed by atoms with van der Waals surface area (Å²) in [4.78, 5) is 29.1. The summed E-state index contributed by atoms with van der Waals surface area (Å²) in [5.74, 6) is -0.180. The number of fused-ring (bicyclic) bond motifs is 1. The number of aliphatic imine (C=N–C) groups is 1. The van der Waals surface area contributed by atoms with Gasteiger partial charge in [-0.3, -0.25) is 9.69 Å². The van der Waals surface area contributed by atoms with Gasteiger partial charge in [0, 0.05) is 50.5 Å². The molecule has 9 heteroatoms. The number of imidazole rings is 1. The monoisotopic (exact) mass is 501 g/mol. The molecule has 3 aromatic rings. The largest absolute Gasteiger partial charge is 0.369 e. The molecule has 0 saturated carbocycles. The number of hydrogen-bond acceptors (Lipinski definition) is 7. The van der Waals surface area contributed by atoms with E-state index >= 15 is 0 Å². The molecule has 2 fully saturated rings. The molecule has 1 aromatic carbocycles. The summed E-state index contributed by atoms with van der Waals surface area (Å²) in [6, 6.07) is 12.5. The van der Waals surface area contributed by atoms with Crippen molar-refractivity contribution in [3.05, 3.63) is 53.2 Å². The molecule has 3 aliphatic heterocycles. The number of amides is 1. The van der Waals surface area contributed by atoms with Crippen molar-refractivity contribution in [2.45, 2.75) is 26.2 Å². The van der Waals surface area contributed by atoms with Crippen LogP contribution in [0.3, 0.4) is 0 Å². The van der Waals surface area contributed by atoms with Crippen LogP contribution in [0.4, 0.5) is 5.69 Å². The molecule has 1 amide bonds. The lowest BCUT2D eigenvalue weighted by molar-refractivity contribution is -0.113. The summed E-state index contributed by atoms with van der Waals surface area (Å²) in [6.45, 7) is 9.75. The Labute approximate surface area is 215 Å². The lowest BCUT2D eigenvalue weighted by Gasteiger charge is -2.36. The number of rotatable bonds is 5. The molecule has 0 aliphatic carbocycles. The molecule has 0 N–H and O–H groups in total. The van der Waals surface area contributed by atoms with Crippen molar-refractivity contribution in [1.82, 2.24) is 24.4 Å². The Kier molecular flexibility index (Phi) is 6.50. The van der Waals surface area contributed by atoms with Crippen molar-refractivity contribution in [3.8, 4) is 11.3 Å². The van der Waals surface area contributed by atoms with Gasteiger partial charge >= 0.3 is 0 Å². The molecule has 5 heterocycles. The van der Waals surface area contributed by atoms with Crippen molar-refractivity contribution in [3.63, 3.8) is 0 Å². The van der Waals surface area contributed by atoms with Gasteiger partial charge in [-0.05, 0) is 67.9 Å². The molecule has 0 atom stereocenters. The van der Waals surface area contributed by atoms with Gasteiger partial charge in [-0.2, -0.15) is 10.1 Å². The van der Waals surface area contributed by atoms with E-state index in [0.717, 1.165) is 79.9 Å². The maximum atomic E-state index is 12.5. The van der Waals surface area contributed by atoms with Gasteiger partial charge in [0.05, 0.1) is 22.5 Å². The standard InChI is InChI=1S/C27H31N7OS/c1-2-11-31-14-16-32(17-15-31)22-8-5-20(6-9-22)23-19-28-25-10-7-21(30-34(23)25)18-24-26(35)29-27(36-24)33-12-3-4-13-33/h5-10,18-19H,2-4,11-17H2,1H3. The van der Waals surface area contributed by atoms with Crippen LogP contribution in [0.5, 0.6) is 0 Å². The Balaban J connectivity index is 1.20. The summed E-state index contributed by atoms with van der Waals surface area (Å²) in [7, 11) is 0. The minimum atomic E-state index is -0.180. The van der Waals surface area contributed by atoms with Gasteiger partial charge in [-0.1, -0.05) is 19.1 Å². The number of likely N-dealkylation sites (tertiary alicyclic amines) is 1. The molecule has 6 rings (SSSR count). The van der Waals surface area contributed by atoms with Crippen LogP contribution in [0.1, 0.15) is 31.9 Å². The van der Waals surface area contributed by atoms with Crippen LogP contribution in [0, 0.1) is 0 Å². The van der Waals surface area contributed by atoms with E-state index in [4.69, 9.17) is 5.10 Å². The molecular weight excluding hydrogens is 470 g/mol. The predicted octanol–water partition coefficient (Wildman–Crippen LogP) is 3.99. The second-order valence-electron chi connectivity index (χ2n) is 9.55. The van der Waals surface area contributed by atoms with Crippen molar-refractivity contribution in [1.29, 1.82) is 0 Å². The molecule has 36 heavy (non-hydrogen) atoms. The average Bonchev–Trinajstić information content (AvgIpc) is 3.66. The zero-order valence-electron chi connectivity index (χ0n) is 20.6. The molecule has 0 radical (unpaired) electrons. The number of thioether (sulfide) groups is 1. The first-order valence-corrected chi connectivity index (χ1v) is 13.7. The lowest BCUT2D eigenvalue weighted by Crippen LogP contribution is -2.46. The zero-order valence-corrected chi connectivity index (χ0v) is 21.5. The minimum Gasteiger partial charge on any atom is -0.369 e. The number of amidine groups is 1. The highest BCUT2D eigenvalue weighted by molar-refractivity contribution is 8.18.